The number of hydrogen-bond donors (Lipinski definition) is 0. The molecule has 0 spiro atoms. The highest BCUT2D eigenvalue weighted by molar-refractivity contribution is 6.32. The van der Waals surface area contributed by atoms with Gasteiger partial charge in [-0.2, -0.15) is 0 Å². The molecule has 0 aliphatic heterocycles. The molecular weight excluding hydrogens is 299 g/mol. The Morgan fingerprint density at radius 1 is 0.360 bits per heavy atom. The quantitative estimate of drug-likeness (QED) is 0.469. The van der Waals surface area contributed by atoms with Crippen molar-refractivity contribution in [3.05, 3.63) is 103 Å². The molecule has 0 atom stereocenters. The van der Waals surface area contributed by atoms with Crippen molar-refractivity contribution in [3.8, 4) is 33.4 Å². The van der Waals surface area contributed by atoms with E-state index in [2.05, 4.69) is 111 Å². The summed E-state index contributed by atoms with van der Waals surface area (Å²) in [7, 11) is 2.14. The van der Waals surface area contributed by atoms with Crippen LogP contribution >= 0.6 is 0 Å². The maximum Gasteiger partial charge on any atom is 0.139 e. The van der Waals surface area contributed by atoms with Crippen molar-refractivity contribution in [1.82, 2.24) is 0 Å². The molecule has 0 nitrogen and oxygen atoms in total. The first-order chi connectivity index (χ1) is 12.3. The molecule has 0 radical (unpaired) electrons. The summed E-state index contributed by atoms with van der Waals surface area (Å²) in [5.41, 5.74) is 8.78. The third kappa shape index (κ3) is 3.41. The Hall–Kier alpha value is -3.06. The van der Waals surface area contributed by atoms with Gasteiger partial charge in [0, 0.05) is 0 Å². The minimum Gasteiger partial charge on any atom is -0.0884 e. The van der Waals surface area contributed by atoms with Gasteiger partial charge < -0.3 is 0 Å². The maximum atomic E-state index is 2.29. The zero-order valence-corrected chi connectivity index (χ0v) is 14.3. The molecule has 0 N–H and O–H groups in total. The fraction of sp³-hybridized carbons (Fsp3) is 0. The first-order valence-electron chi connectivity index (χ1n) is 8.62. The van der Waals surface area contributed by atoms with E-state index in [0.29, 0.717) is 0 Å². The highest BCUT2D eigenvalue weighted by Gasteiger charge is 2.07. The molecule has 0 amide bonds. The SMILES string of the molecule is Bc1cccc(-c2cc(-c3ccccc3)cc(-c3ccccc3)c2)c1. The molecule has 0 aromatic heterocycles. The molecule has 118 valence electrons. The second-order valence-electron chi connectivity index (χ2n) is 6.40. The Morgan fingerprint density at radius 2 is 0.800 bits per heavy atom. The summed E-state index contributed by atoms with van der Waals surface area (Å²) >= 11 is 0. The number of rotatable bonds is 3. The summed E-state index contributed by atoms with van der Waals surface area (Å²) < 4.78 is 0. The molecule has 0 fully saturated rings. The van der Waals surface area contributed by atoms with Crippen molar-refractivity contribution in [2.75, 3.05) is 0 Å². The molecule has 0 saturated carbocycles. The van der Waals surface area contributed by atoms with Crippen LogP contribution in [0.15, 0.2) is 103 Å². The van der Waals surface area contributed by atoms with Crippen LogP contribution < -0.4 is 5.46 Å². The van der Waals surface area contributed by atoms with Crippen molar-refractivity contribution < 1.29 is 0 Å². The fourth-order valence-corrected chi connectivity index (χ4v) is 3.21. The Labute approximate surface area is 150 Å². The van der Waals surface area contributed by atoms with E-state index >= 15 is 0 Å². The summed E-state index contributed by atoms with van der Waals surface area (Å²) in [6.45, 7) is 0. The van der Waals surface area contributed by atoms with E-state index in [1.54, 1.807) is 0 Å². The lowest BCUT2D eigenvalue weighted by molar-refractivity contribution is 1.57. The van der Waals surface area contributed by atoms with Crippen LogP contribution in [0.5, 0.6) is 0 Å². The zero-order chi connectivity index (χ0) is 17.1. The predicted octanol–water partition coefficient (Wildman–Crippen LogP) is 4.95. The molecular formula is C24H19B. The smallest absolute Gasteiger partial charge is 0.0884 e. The normalized spacial score (nSPS) is 10.6. The standard InChI is InChI=1S/C24H19B/c25-24-13-7-12-20(17-24)23-15-21(18-8-3-1-4-9-18)14-22(16-23)19-10-5-2-6-11-19/h1-17H,25H2. The van der Waals surface area contributed by atoms with Crippen LogP contribution in [-0.2, 0) is 0 Å². The van der Waals surface area contributed by atoms with Crippen molar-refractivity contribution in [3.63, 3.8) is 0 Å². The highest BCUT2D eigenvalue weighted by atomic mass is 14.1. The average Bonchev–Trinajstić information content (AvgIpc) is 2.69. The van der Waals surface area contributed by atoms with Gasteiger partial charge in [0.15, 0.2) is 0 Å². The monoisotopic (exact) mass is 318 g/mol. The van der Waals surface area contributed by atoms with Crippen molar-refractivity contribution in [1.29, 1.82) is 0 Å². The molecule has 0 aliphatic rings. The first kappa shape index (κ1) is 15.5. The van der Waals surface area contributed by atoms with Gasteiger partial charge in [-0.25, -0.2) is 0 Å². The molecule has 4 aromatic rings. The third-order valence-corrected chi connectivity index (χ3v) is 4.50. The third-order valence-electron chi connectivity index (χ3n) is 4.50. The minimum absolute atomic E-state index is 1.24. The molecule has 25 heavy (non-hydrogen) atoms. The Bertz CT molecular complexity index is 931. The Morgan fingerprint density at radius 3 is 1.28 bits per heavy atom. The second kappa shape index (κ2) is 6.82. The summed E-state index contributed by atoms with van der Waals surface area (Å²) in [5.74, 6) is 0. The van der Waals surface area contributed by atoms with E-state index < -0.39 is 0 Å². The lowest BCUT2D eigenvalue weighted by Crippen LogP contribution is -2.00. The van der Waals surface area contributed by atoms with Gasteiger partial charge in [-0.1, -0.05) is 90.4 Å². The van der Waals surface area contributed by atoms with Crippen LogP contribution in [0.4, 0.5) is 0 Å². The van der Waals surface area contributed by atoms with Crippen LogP contribution in [-0.4, -0.2) is 7.85 Å². The van der Waals surface area contributed by atoms with E-state index in [0.717, 1.165) is 0 Å². The minimum atomic E-state index is 1.24. The lowest BCUT2D eigenvalue weighted by atomic mass is 9.89. The van der Waals surface area contributed by atoms with Gasteiger partial charge in [0.05, 0.1) is 0 Å². The van der Waals surface area contributed by atoms with E-state index in [1.807, 2.05) is 0 Å². The van der Waals surface area contributed by atoms with E-state index in [4.69, 9.17) is 0 Å². The van der Waals surface area contributed by atoms with Crippen LogP contribution in [0.3, 0.4) is 0 Å². The van der Waals surface area contributed by atoms with Crippen molar-refractivity contribution >= 4 is 13.3 Å². The largest absolute Gasteiger partial charge is 0.139 e. The molecule has 1 heteroatoms. The Balaban J connectivity index is 1.92. The average molecular weight is 318 g/mol. The van der Waals surface area contributed by atoms with Crippen molar-refractivity contribution in [2.45, 2.75) is 0 Å². The summed E-state index contributed by atoms with van der Waals surface area (Å²) in [6.07, 6.45) is 0. The topological polar surface area (TPSA) is 0 Å². The van der Waals surface area contributed by atoms with Gasteiger partial charge in [-0.15, -0.1) is 0 Å². The summed E-state index contributed by atoms with van der Waals surface area (Å²) in [6, 6.07) is 36.7. The summed E-state index contributed by atoms with van der Waals surface area (Å²) in [4.78, 5) is 0. The zero-order valence-electron chi connectivity index (χ0n) is 14.3. The van der Waals surface area contributed by atoms with Gasteiger partial charge in [-0.3, -0.25) is 0 Å². The van der Waals surface area contributed by atoms with Gasteiger partial charge in [0.2, 0.25) is 0 Å². The highest BCUT2D eigenvalue weighted by Crippen LogP contribution is 2.32. The van der Waals surface area contributed by atoms with E-state index in [-0.39, 0.29) is 0 Å². The van der Waals surface area contributed by atoms with Crippen molar-refractivity contribution in [2.24, 2.45) is 0 Å². The molecule has 4 rings (SSSR count). The van der Waals surface area contributed by atoms with Crippen LogP contribution in [0, 0.1) is 0 Å². The molecule has 0 aliphatic carbocycles. The maximum absolute atomic E-state index is 2.29. The van der Waals surface area contributed by atoms with Crippen LogP contribution in [0.2, 0.25) is 0 Å². The lowest BCUT2D eigenvalue weighted by Gasteiger charge is -2.11. The Kier molecular flexibility index (Phi) is 4.22. The molecule has 0 saturated heterocycles. The molecule has 0 unspecified atom stereocenters. The van der Waals surface area contributed by atoms with Gasteiger partial charge in [-0.05, 0) is 51.6 Å². The first-order valence-corrected chi connectivity index (χ1v) is 8.62. The van der Waals surface area contributed by atoms with Crippen LogP contribution in [0.25, 0.3) is 33.4 Å². The van der Waals surface area contributed by atoms with E-state index in [9.17, 15) is 0 Å². The second-order valence-corrected chi connectivity index (χ2v) is 6.40. The fourth-order valence-electron chi connectivity index (χ4n) is 3.21. The number of benzene rings is 4. The van der Waals surface area contributed by atoms with Gasteiger partial charge >= 0.3 is 0 Å². The van der Waals surface area contributed by atoms with Gasteiger partial charge in [0.1, 0.15) is 7.85 Å². The van der Waals surface area contributed by atoms with Crippen LogP contribution in [0.1, 0.15) is 0 Å². The molecule has 0 heterocycles. The molecule has 0 bridgehead atoms. The molecule has 4 aromatic carbocycles. The predicted molar refractivity (Wildman–Crippen MR) is 111 cm³/mol. The van der Waals surface area contributed by atoms with E-state index in [1.165, 1.54) is 38.8 Å². The summed E-state index contributed by atoms with van der Waals surface area (Å²) in [5, 5.41) is 0. The number of hydrogen-bond acceptors (Lipinski definition) is 0. The van der Waals surface area contributed by atoms with Gasteiger partial charge in [0.25, 0.3) is 0 Å².